The fourth-order valence-electron chi connectivity index (χ4n) is 2.72. The van der Waals surface area contributed by atoms with Gasteiger partial charge in [0.25, 0.3) is 0 Å². The van der Waals surface area contributed by atoms with E-state index >= 15 is 0 Å². The summed E-state index contributed by atoms with van der Waals surface area (Å²) in [5, 5.41) is 0. The van der Waals surface area contributed by atoms with Crippen LogP contribution in [0, 0.1) is 20.8 Å². The van der Waals surface area contributed by atoms with Crippen LogP contribution in [0.4, 0.5) is 0 Å². The Labute approximate surface area is 116 Å². The maximum Gasteiger partial charge on any atom is 0.128 e. The van der Waals surface area contributed by atoms with Gasteiger partial charge in [0.1, 0.15) is 18.0 Å². The predicted molar refractivity (Wildman–Crippen MR) is 77.7 cm³/mol. The predicted octanol–water partition coefficient (Wildman–Crippen LogP) is 2.89. The molecule has 0 aliphatic heterocycles. The minimum Gasteiger partial charge on any atom is -0.487 e. The first-order valence-electron chi connectivity index (χ1n) is 7.14. The van der Waals surface area contributed by atoms with E-state index in [2.05, 4.69) is 39.8 Å². The molecule has 1 fully saturated rings. The smallest absolute Gasteiger partial charge is 0.128 e. The van der Waals surface area contributed by atoms with Gasteiger partial charge in [-0.25, -0.2) is 0 Å². The van der Waals surface area contributed by atoms with Crippen molar-refractivity contribution in [2.45, 2.75) is 58.8 Å². The maximum absolute atomic E-state index is 6.14. The molecule has 0 amide bonds. The summed E-state index contributed by atoms with van der Waals surface area (Å²) in [7, 11) is 0. The molecule has 1 aliphatic carbocycles. The summed E-state index contributed by atoms with van der Waals surface area (Å²) in [6.45, 7) is 9.15. The van der Waals surface area contributed by atoms with Crippen molar-refractivity contribution in [1.82, 2.24) is 0 Å². The topological polar surface area (TPSA) is 44.5 Å². The number of nitrogens with two attached hydrogens (primary N) is 1. The van der Waals surface area contributed by atoms with Gasteiger partial charge in [-0.05, 0) is 38.3 Å². The lowest BCUT2D eigenvalue weighted by molar-refractivity contribution is -0.0983. The molecule has 2 rings (SSSR count). The lowest BCUT2D eigenvalue weighted by atomic mass is 9.86. The summed E-state index contributed by atoms with van der Waals surface area (Å²) in [6, 6.07) is 4.42. The SMILES string of the molecule is CCCOC1C(N)CC1Oc1c(C)cc(C)cc1C. The second-order valence-electron chi connectivity index (χ2n) is 5.62. The Hall–Kier alpha value is -1.06. The van der Waals surface area contributed by atoms with Gasteiger partial charge in [-0.3, -0.25) is 0 Å². The Morgan fingerprint density at radius 1 is 1.21 bits per heavy atom. The van der Waals surface area contributed by atoms with E-state index in [-0.39, 0.29) is 18.2 Å². The highest BCUT2D eigenvalue weighted by Gasteiger charge is 2.41. The second-order valence-corrected chi connectivity index (χ2v) is 5.62. The van der Waals surface area contributed by atoms with Gasteiger partial charge in [-0.2, -0.15) is 0 Å². The van der Waals surface area contributed by atoms with E-state index in [4.69, 9.17) is 15.2 Å². The average Bonchev–Trinajstić information content (AvgIpc) is 2.32. The van der Waals surface area contributed by atoms with Gasteiger partial charge < -0.3 is 15.2 Å². The van der Waals surface area contributed by atoms with Crippen LogP contribution in [0.25, 0.3) is 0 Å². The Kier molecular flexibility index (Phi) is 4.48. The lowest BCUT2D eigenvalue weighted by Crippen LogP contribution is -2.59. The largest absolute Gasteiger partial charge is 0.487 e. The van der Waals surface area contributed by atoms with Crippen molar-refractivity contribution in [3.05, 3.63) is 28.8 Å². The van der Waals surface area contributed by atoms with Gasteiger partial charge >= 0.3 is 0 Å². The lowest BCUT2D eigenvalue weighted by Gasteiger charge is -2.42. The van der Waals surface area contributed by atoms with Crippen molar-refractivity contribution < 1.29 is 9.47 Å². The Bertz CT molecular complexity index is 421. The second kappa shape index (κ2) is 5.93. The third-order valence-corrected chi connectivity index (χ3v) is 3.68. The Morgan fingerprint density at radius 2 is 1.84 bits per heavy atom. The van der Waals surface area contributed by atoms with E-state index in [1.54, 1.807) is 0 Å². The third kappa shape index (κ3) is 3.10. The number of benzene rings is 1. The Morgan fingerprint density at radius 3 is 2.37 bits per heavy atom. The standard InChI is InChI=1S/C16H25NO2/c1-5-6-18-16-13(17)9-14(16)19-15-11(3)7-10(2)8-12(15)4/h7-8,13-14,16H,5-6,9,17H2,1-4H3. The van der Waals surface area contributed by atoms with Crippen LogP contribution in [0.3, 0.4) is 0 Å². The van der Waals surface area contributed by atoms with Gasteiger partial charge in [-0.1, -0.05) is 24.6 Å². The zero-order chi connectivity index (χ0) is 14.0. The van der Waals surface area contributed by atoms with Crippen molar-refractivity contribution in [1.29, 1.82) is 0 Å². The molecule has 106 valence electrons. The van der Waals surface area contributed by atoms with Crippen molar-refractivity contribution in [3.8, 4) is 5.75 Å². The van der Waals surface area contributed by atoms with Crippen LogP contribution in [0.5, 0.6) is 5.75 Å². The molecular weight excluding hydrogens is 238 g/mol. The molecule has 0 radical (unpaired) electrons. The van der Waals surface area contributed by atoms with E-state index in [1.165, 1.54) is 16.7 Å². The van der Waals surface area contributed by atoms with Crippen molar-refractivity contribution in [2.75, 3.05) is 6.61 Å². The van der Waals surface area contributed by atoms with Crippen LogP contribution in [0.2, 0.25) is 0 Å². The molecule has 0 bridgehead atoms. The minimum absolute atomic E-state index is 0.0417. The Balaban J connectivity index is 2.05. The maximum atomic E-state index is 6.14. The van der Waals surface area contributed by atoms with Crippen molar-refractivity contribution in [2.24, 2.45) is 5.73 Å². The molecule has 19 heavy (non-hydrogen) atoms. The zero-order valence-electron chi connectivity index (χ0n) is 12.4. The summed E-state index contributed by atoms with van der Waals surface area (Å²) < 4.78 is 11.9. The van der Waals surface area contributed by atoms with Gasteiger partial charge in [0.15, 0.2) is 0 Å². The highest BCUT2D eigenvalue weighted by molar-refractivity contribution is 5.43. The molecule has 1 aromatic carbocycles. The highest BCUT2D eigenvalue weighted by Crippen LogP contribution is 2.32. The van der Waals surface area contributed by atoms with Gasteiger partial charge in [-0.15, -0.1) is 0 Å². The molecule has 1 saturated carbocycles. The minimum atomic E-state index is 0.0417. The molecule has 0 saturated heterocycles. The fraction of sp³-hybridized carbons (Fsp3) is 0.625. The molecule has 0 spiro atoms. The number of rotatable bonds is 5. The first-order valence-corrected chi connectivity index (χ1v) is 7.14. The van der Waals surface area contributed by atoms with Gasteiger partial charge in [0.05, 0.1) is 0 Å². The average molecular weight is 263 g/mol. The zero-order valence-corrected chi connectivity index (χ0v) is 12.4. The first-order chi connectivity index (χ1) is 9.02. The molecular formula is C16H25NO2. The molecule has 0 heterocycles. The van der Waals surface area contributed by atoms with Crippen molar-refractivity contribution in [3.63, 3.8) is 0 Å². The number of hydrogen-bond acceptors (Lipinski definition) is 3. The van der Waals surface area contributed by atoms with Gasteiger partial charge in [0.2, 0.25) is 0 Å². The summed E-state index contributed by atoms with van der Waals surface area (Å²) in [5.74, 6) is 0.993. The molecule has 3 unspecified atom stereocenters. The van der Waals surface area contributed by atoms with Crippen LogP contribution in [0.15, 0.2) is 12.1 Å². The van der Waals surface area contributed by atoms with E-state index in [0.717, 1.165) is 25.2 Å². The molecule has 3 nitrogen and oxygen atoms in total. The highest BCUT2D eigenvalue weighted by atomic mass is 16.5. The normalized spacial score (nSPS) is 26.1. The van der Waals surface area contributed by atoms with E-state index in [0.29, 0.717) is 0 Å². The summed E-state index contributed by atoms with van der Waals surface area (Å²) >= 11 is 0. The first kappa shape index (κ1) is 14.4. The van der Waals surface area contributed by atoms with Crippen molar-refractivity contribution >= 4 is 0 Å². The fourth-order valence-corrected chi connectivity index (χ4v) is 2.72. The number of aryl methyl sites for hydroxylation is 3. The number of hydrogen-bond donors (Lipinski definition) is 1. The summed E-state index contributed by atoms with van der Waals surface area (Å²) in [6.07, 6.45) is 2.03. The number of ether oxygens (including phenoxy) is 2. The van der Waals surface area contributed by atoms with Crippen LogP contribution in [0.1, 0.15) is 36.5 Å². The quantitative estimate of drug-likeness (QED) is 0.888. The molecule has 3 heteroatoms. The molecule has 1 aromatic rings. The van der Waals surface area contributed by atoms with Crippen LogP contribution < -0.4 is 10.5 Å². The molecule has 0 aromatic heterocycles. The van der Waals surface area contributed by atoms with Crippen LogP contribution in [-0.2, 0) is 4.74 Å². The monoisotopic (exact) mass is 263 g/mol. The summed E-state index contributed by atoms with van der Waals surface area (Å²) in [4.78, 5) is 0. The van der Waals surface area contributed by atoms with E-state index in [9.17, 15) is 0 Å². The van der Waals surface area contributed by atoms with Gasteiger partial charge in [0, 0.05) is 19.1 Å². The van der Waals surface area contributed by atoms with Crippen LogP contribution >= 0.6 is 0 Å². The molecule has 2 N–H and O–H groups in total. The van der Waals surface area contributed by atoms with E-state index < -0.39 is 0 Å². The van der Waals surface area contributed by atoms with Crippen LogP contribution in [-0.4, -0.2) is 24.9 Å². The molecule has 1 aliphatic rings. The summed E-state index contributed by atoms with van der Waals surface area (Å²) in [5.41, 5.74) is 9.65. The van der Waals surface area contributed by atoms with E-state index in [1.807, 2.05) is 0 Å². The molecule has 3 atom stereocenters. The third-order valence-electron chi connectivity index (χ3n) is 3.68.